The van der Waals surface area contributed by atoms with Crippen molar-refractivity contribution in [1.82, 2.24) is 10.2 Å². The summed E-state index contributed by atoms with van der Waals surface area (Å²) >= 11 is 0. The lowest BCUT2D eigenvalue weighted by molar-refractivity contribution is -0.0196. The summed E-state index contributed by atoms with van der Waals surface area (Å²) in [4.78, 5) is 2.58. The van der Waals surface area contributed by atoms with Crippen molar-refractivity contribution < 1.29 is 0 Å². The molecule has 0 amide bonds. The van der Waals surface area contributed by atoms with Crippen molar-refractivity contribution in [3.05, 3.63) is 0 Å². The fraction of sp³-hybridized carbons (Fsp3) is 1.00. The maximum absolute atomic E-state index is 3.56. The lowest BCUT2D eigenvalue weighted by Crippen LogP contribution is -2.61. The van der Waals surface area contributed by atoms with Crippen LogP contribution in [0.25, 0.3) is 0 Å². The van der Waals surface area contributed by atoms with E-state index in [9.17, 15) is 0 Å². The SMILES string of the molecule is CC(C)(C)N1CNCC2(CCC2)C1. The van der Waals surface area contributed by atoms with Gasteiger partial charge in [0.15, 0.2) is 0 Å². The summed E-state index contributed by atoms with van der Waals surface area (Å²) in [6.07, 6.45) is 4.32. The van der Waals surface area contributed by atoms with Gasteiger partial charge in [0.05, 0.1) is 0 Å². The Hall–Kier alpha value is -0.0800. The third-order valence-electron chi connectivity index (χ3n) is 3.69. The molecule has 1 saturated heterocycles. The summed E-state index contributed by atoms with van der Waals surface area (Å²) in [5, 5.41) is 3.56. The third-order valence-corrected chi connectivity index (χ3v) is 3.69. The largest absolute Gasteiger partial charge is 0.304 e. The highest BCUT2D eigenvalue weighted by Crippen LogP contribution is 2.43. The maximum atomic E-state index is 3.56. The second kappa shape index (κ2) is 2.96. The van der Waals surface area contributed by atoms with Crippen molar-refractivity contribution in [3.8, 4) is 0 Å². The van der Waals surface area contributed by atoms with Gasteiger partial charge < -0.3 is 5.32 Å². The van der Waals surface area contributed by atoms with E-state index in [0.717, 1.165) is 6.67 Å². The van der Waals surface area contributed by atoms with Crippen LogP contribution >= 0.6 is 0 Å². The van der Waals surface area contributed by atoms with Crippen LogP contribution in [0, 0.1) is 5.41 Å². The molecule has 2 heteroatoms. The third kappa shape index (κ3) is 1.75. The van der Waals surface area contributed by atoms with Crippen LogP contribution in [0.3, 0.4) is 0 Å². The van der Waals surface area contributed by atoms with Gasteiger partial charge in [0.1, 0.15) is 0 Å². The molecule has 0 aromatic rings. The highest BCUT2D eigenvalue weighted by molar-refractivity contribution is 4.96. The van der Waals surface area contributed by atoms with Crippen molar-refractivity contribution in [3.63, 3.8) is 0 Å². The molecule has 2 rings (SSSR count). The molecule has 0 aromatic heterocycles. The molecule has 1 aliphatic carbocycles. The Morgan fingerprint density at radius 1 is 1.23 bits per heavy atom. The quantitative estimate of drug-likeness (QED) is 0.615. The van der Waals surface area contributed by atoms with Crippen molar-refractivity contribution in [2.45, 2.75) is 45.6 Å². The van der Waals surface area contributed by atoms with Gasteiger partial charge in [-0.25, -0.2) is 0 Å². The van der Waals surface area contributed by atoms with Gasteiger partial charge in [-0.3, -0.25) is 4.90 Å². The van der Waals surface area contributed by atoms with E-state index in [1.807, 2.05) is 0 Å². The van der Waals surface area contributed by atoms with E-state index < -0.39 is 0 Å². The fourth-order valence-electron chi connectivity index (χ4n) is 2.46. The first-order chi connectivity index (χ1) is 6.02. The predicted octanol–water partition coefficient (Wildman–Crippen LogP) is 1.82. The second-order valence-corrected chi connectivity index (χ2v) is 5.81. The van der Waals surface area contributed by atoms with Crippen LogP contribution in [-0.2, 0) is 0 Å². The average molecular weight is 182 g/mol. The van der Waals surface area contributed by atoms with Gasteiger partial charge in [-0.2, -0.15) is 0 Å². The molecule has 2 fully saturated rings. The summed E-state index contributed by atoms with van der Waals surface area (Å²) in [5.41, 5.74) is 0.974. The predicted molar refractivity (Wildman–Crippen MR) is 55.6 cm³/mol. The summed E-state index contributed by atoms with van der Waals surface area (Å²) in [7, 11) is 0. The highest BCUT2D eigenvalue weighted by atomic mass is 15.3. The maximum Gasteiger partial charge on any atom is 0.0485 e. The molecule has 76 valence electrons. The van der Waals surface area contributed by atoms with Crippen LogP contribution in [0.4, 0.5) is 0 Å². The fourth-order valence-corrected chi connectivity index (χ4v) is 2.46. The number of rotatable bonds is 0. The minimum atomic E-state index is 0.329. The first kappa shape index (κ1) is 9.47. The summed E-state index contributed by atoms with van der Waals surface area (Å²) in [6.45, 7) is 10.6. The molecule has 0 atom stereocenters. The minimum Gasteiger partial charge on any atom is -0.304 e. The standard InChI is InChI=1S/C11H22N2/c1-10(2,3)13-8-11(5-4-6-11)7-12-9-13/h12H,4-9H2,1-3H3. The topological polar surface area (TPSA) is 15.3 Å². The second-order valence-electron chi connectivity index (χ2n) is 5.81. The molecule has 1 heterocycles. The van der Waals surface area contributed by atoms with E-state index in [0.29, 0.717) is 11.0 Å². The first-order valence-corrected chi connectivity index (χ1v) is 5.48. The van der Waals surface area contributed by atoms with Gasteiger partial charge in [0, 0.05) is 25.3 Å². The molecule has 0 unspecified atom stereocenters. The Morgan fingerprint density at radius 3 is 2.38 bits per heavy atom. The number of nitrogens with one attached hydrogen (secondary N) is 1. The number of hydrogen-bond donors (Lipinski definition) is 1. The zero-order chi connectivity index (χ0) is 9.53. The van der Waals surface area contributed by atoms with Crippen LogP contribution in [0.2, 0.25) is 0 Å². The van der Waals surface area contributed by atoms with Crippen molar-refractivity contribution in [2.24, 2.45) is 5.41 Å². The van der Waals surface area contributed by atoms with Gasteiger partial charge in [0.2, 0.25) is 0 Å². The monoisotopic (exact) mass is 182 g/mol. The van der Waals surface area contributed by atoms with Crippen LogP contribution in [0.5, 0.6) is 0 Å². The van der Waals surface area contributed by atoms with E-state index in [-0.39, 0.29) is 0 Å². The highest BCUT2D eigenvalue weighted by Gasteiger charge is 2.42. The Balaban J connectivity index is 2.00. The van der Waals surface area contributed by atoms with E-state index in [4.69, 9.17) is 0 Å². The van der Waals surface area contributed by atoms with Crippen LogP contribution in [0.1, 0.15) is 40.0 Å². The number of hydrogen-bond acceptors (Lipinski definition) is 2. The molecule has 1 spiro atoms. The van der Waals surface area contributed by atoms with Crippen molar-refractivity contribution in [1.29, 1.82) is 0 Å². The van der Waals surface area contributed by atoms with E-state index in [1.54, 1.807) is 0 Å². The van der Waals surface area contributed by atoms with E-state index in [2.05, 4.69) is 31.0 Å². The molecular formula is C11H22N2. The first-order valence-electron chi connectivity index (χ1n) is 5.48. The molecule has 2 aliphatic rings. The van der Waals surface area contributed by atoms with Gasteiger partial charge in [-0.1, -0.05) is 6.42 Å². The van der Waals surface area contributed by atoms with E-state index >= 15 is 0 Å². The molecular weight excluding hydrogens is 160 g/mol. The molecule has 1 aliphatic heterocycles. The average Bonchev–Trinajstić information content (AvgIpc) is 2.00. The smallest absolute Gasteiger partial charge is 0.0485 e. The van der Waals surface area contributed by atoms with Gasteiger partial charge in [0.25, 0.3) is 0 Å². The molecule has 1 saturated carbocycles. The zero-order valence-electron chi connectivity index (χ0n) is 9.19. The molecule has 0 bridgehead atoms. The summed E-state index contributed by atoms with van der Waals surface area (Å²) < 4.78 is 0. The molecule has 2 nitrogen and oxygen atoms in total. The van der Waals surface area contributed by atoms with Crippen LogP contribution in [0.15, 0.2) is 0 Å². The van der Waals surface area contributed by atoms with Crippen molar-refractivity contribution >= 4 is 0 Å². The Bertz CT molecular complexity index is 189. The zero-order valence-corrected chi connectivity index (χ0v) is 9.19. The van der Waals surface area contributed by atoms with Gasteiger partial charge in [-0.05, 0) is 39.0 Å². The van der Waals surface area contributed by atoms with Crippen LogP contribution < -0.4 is 5.32 Å². The molecule has 0 aromatic carbocycles. The van der Waals surface area contributed by atoms with Crippen LogP contribution in [-0.4, -0.2) is 30.2 Å². The van der Waals surface area contributed by atoms with E-state index in [1.165, 1.54) is 32.4 Å². The summed E-state index contributed by atoms with van der Waals surface area (Å²) in [6, 6.07) is 0. The van der Waals surface area contributed by atoms with Crippen molar-refractivity contribution in [2.75, 3.05) is 19.8 Å². The Morgan fingerprint density at radius 2 is 1.92 bits per heavy atom. The lowest BCUT2D eigenvalue weighted by Gasteiger charge is -2.52. The number of nitrogens with zero attached hydrogens (tertiary/aromatic N) is 1. The Labute approximate surface area is 81.7 Å². The molecule has 1 N–H and O–H groups in total. The lowest BCUT2D eigenvalue weighted by atomic mass is 9.67. The van der Waals surface area contributed by atoms with Gasteiger partial charge >= 0.3 is 0 Å². The Kier molecular flexibility index (Phi) is 2.16. The van der Waals surface area contributed by atoms with Gasteiger partial charge in [-0.15, -0.1) is 0 Å². The molecule has 0 radical (unpaired) electrons. The molecule has 13 heavy (non-hydrogen) atoms. The summed E-state index contributed by atoms with van der Waals surface area (Å²) in [5.74, 6) is 0. The normalized spacial score (nSPS) is 28.8. The minimum absolute atomic E-state index is 0.329.